The van der Waals surface area contributed by atoms with Crippen LogP contribution in [0, 0.1) is 20.8 Å². The molecule has 0 amide bonds. The molecule has 4 heteroatoms. The third-order valence-corrected chi connectivity index (χ3v) is 3.20. The maximum absolute atomic E-state index is 5.86. The fraction of sp³-hybridized carbons (Fsp3) is 0.273. The molecule has 2 aromatic heterocycles. The van der Waals surface area contributed by atoms with Crippen molar-refractivity contribution in [3.8, 4) is 11.3 Å². The zero-order valence-electron chi connectivity index (χ0n) is 9.03. The standard InChI is InChI=1S/C11H13N3S/c1-6-4-9(5-15-6)10-11(12)14-8(3)7(2)13-10/h4-5H,1-3H3,(H2,12,14). The van der Waals surface area contributed by atoms with Crippen molar-refractivity contribution in [2.24, 2.45) is 0 Å². The molecular weight excluding hydrogens is 206 g/mol. The molecule has 2 N–H and O–H groups in total. The van der Waals surface area contributed by atoms with Crippen molar-refractivity contribution in [2.75, 3.05) is 5.73 Å². The highest BCUT2D eigenvalue weighted by Crippen LogP contribution is 2.27. The van der Waals surface area contributed by atoms with Crippen LogP contribution in [0.2, 0.25) is 0 Å². The second-order valence-corrected chi connectivity index (χ2v) is 4.69. The predicted octanol–water partition coefficient (Wildman–Crippen LogP) is 2.71. The first-order valence-corrected chi connectivity index (χ1v) is 5.62. The van der Waals surface area contributed by atoms with E-state index in [4.69, 9.17) is 5.73 Å². The van der Waals surface area contributed by atoms with Crippen LogP contribution in [-0.4, -0.2) is 9.97 Å². The molecule has 0 saturated carbocycles. The Bertz CT molecular complexity index is 503. The summed E-state index contributed by atoms with van der Waals surface area (Å²) in [6.45, 7) is 5.94. The Balaban J connectivity index is 2.58. The molecule has 0 bridgehead atoms. The smallest absolute Gasteiger partial charge is 0.150 e. The summed E-state index contributed by atoms with van der Waals surface area (Å²) in [5.74, 6) is 0.510. The largest absolute Gasteiger partial charge is 0.382 e. The van der Waals surface area contributed by atoms with Crippen LogP contribution >= 0.6 is 11.3 Å². The van der Waals surface area contributed by atoms with Gasteiger partial charge >= 0.3 is 0 Å². The molecule has 15 heavy (non-hydrogen) atoms. The number of hydrogen-bond acceptors (Lipinski definition) is 4. The van der Waals surface area contributed by atoms with Crippen LogP contribution in [0.25, 0.3) is 11.3 Å². The van der Waals surface area contributed by atoms with Crippen molar-refractivity contribution in [1.29, 1.82) is 0 Å². The van der Waals surface area contributed by atoms with Gasteiger partial charge in [-0.3, -0.25) is 0 Å². The Morgan fingerprint density at radius 2 is 1.80 bits per heavy atom. The molecule has 0 saturated heterocycles. The SMILES string of the molecule is Cc1cc(-c2nc(C)c(C)nc2N)cs1. The van der Waals surface area contributed by atoms with Gasteiger partial charge in [-0.1, -0.05) is 0 Å². The Hall–Kier alpha value is -1.42. The summed E-state index contributed by atoms with van der Waals surface area (Å²) in [6, 6.07) is 2.08. The normalized spacial score (nSPS) is 10.6. The molecule has 0 aliphatic carbocycles. The Morgan fingerprint density at radius 1 is 1.13 bits per heavy atom. The zero-order valence-corrected chi connectivity index (χ0v) is 9.85. The molecule has 0 atom stereocenters. The molecule has 2 rings (SSSR count). The second kappa shape index (κ2) is 3.62. The first kappa shape index (κ1) is 10.1. The number of aryl methyl sites for hydroxylation is 3. The number of nitrogens with zero attached hydrogens (tertiary/aromatic N) is 2. The summed E-state index contributed by atoms with van der Waals surface area (Å²) in [7, 11) is 0. The first-order chi connectivity index (χ1) is 7.08. The van der Waals surface area contributed by atoms with Crippen LogP contribution in [0.5, 0.6) is 0 Å². The summed E-state index contributed by atoms with van der Waals surface area (Å²) >= 11 is 1.69. The Kier molecular flexibility index (Phi) is 2.44. The van der Waals surface area contributed by atoms with Gasteiger partial charge in [-0.2, -0.15) is 0 Å². The Morgan fingerprint density at radius 3 is 2.40 bits per heavy atom. The van der Waals surface area contributed by atoms with E-state index < -0.39 is 0 Å². The maximum atomic E-state index is 5.86. The highest BCUT2D eigenvalue weighted by atomic mass is 32.1. The second-order valence-electron chi connectivity index (χ2n) is 3.57. The molecule has 78 valence electrons. The number of anilines is 1. The molecule has 0 spiro atoms. The van der Waals surface area contributed by atoms with E-state index >= 15 is 0 Å². The van der Waals surface area contributed by atoms with Gasteiger partial charge in [0.25, 0.3) is 0 Å². The van der Waals surface area contributed by atoms with Crippen molar-refractivity contribution in [3.05, 3.63) is 27.7 Å². The Labute approximate surface area is 93.0 Å². The molecule has 0 aliphatic heterocycles. The lowest BCUT2D eigenvalue weighted by Gasteiger charge is -2.05. The molecule has 0 radical (unpaired) electrons. The van der Waals surface area contributed by atoms with Crippen molar-refractivity contribution >= 4 is 17.2 Å². The lowest BCUT2D eigenvalue weighted by atomic mass is 10.2. The van der Waals surface area contributed by atoms with Gasteiger partial charge in [-0.15, -0.1) is 11.3 Å². The topological polar surface area (TPSA) is 51.8 Å². The molecule has 2 heterocycles. The summed E-state index contributed by atoms with van der Waals surface area (Å²) < 4.78 is 0. The van der Waals surface area contributed by atoms with Crippen LogP contribution < -0.4 is 5.73 Å². The lowest BCUT2D eigenvalue weighted by Crippen LogP contribution is -2.01. The molecule has 0 aromatic carbocycles. The van der Waals surface area contributed by atoms with Gasteiger partial charge < -0.3 is 5.73 Å². The van der Waals surface area contributed by atoms with Crippen LogP contribution in [0.15, 0.2) is 11.4 Å². The van der Waals surface area contributed by atoms with Crippen molar-refractivity contribution in [1.82, 2.24) is 9.97 Å². The highest BCUT2D eigenvalue weighted by Gasteiger charge is 2.09. The van der Waals surface area contributed by atoms with E-state index in [2.05, 4.69) is 28.3 Å². The van der Waals surface area contributed by atoms with Gasteiger partial charge in [0.2, 0.25) is 0 Å². The number of thiophene rings is 1. The minimum atomic E-state index is 0.510. The summed E-state index contributed by atoms with van der Waals surface area (Å²) in [6.07, 6.45) is 0. The van der Waals surface area contributed by atoms with Crippen LogP contribution in [-0.2, 0) is 0 Å². The van der Waals surface area contributed by atoms with Crippen LogP contribution in [0.1, 0.15) is 16.3 Å². The average molecular weight is 219 g/mol. The predicted molar refractivity (Wildman–Crippen MR) is 64.0 cm³/mol. The minimum Gasteiger partial charge on any atom is -0.382 e. The first-order valence-electron chi connectivity index (χ1n) is 4.74. The fourth-order valence-corrected chi connectivity index (χ4v) is 2.09. The van der Waals surface area contributed by atoms with Crippen LogP contribution in [0.4, 0.5) is 5.82 Å². The number of hydrogen-bond donors (Lipinski definition) is 1. The van der Waals surface area contributed by atoms with Crippen molar-refractivity contribution < 1.29 is 0 Å². The van der Waals surface area contributed by atoms with E-state index in [-0.39, 0.29) is 0 Å². The minimum absolute atomic E-state index is 0.510. The van der Waals surface area contributed by atoms with E-state index in [0.29, 0.717) is 5.82 Å². The third kappa shape index (κ3) is 1.85. The quantitative estimate of drug-likeness (QED) is 0.802. The van der Waals surface area contributed by atoms with Gasteiger partial charge in [0.1, 0.15) is 11.5 Å². The summed E-state index contributed by atoms with van der Waals surface area (Å²) in [5, 5.41) is 2.06. The maximum Gasteiger partial charge on any atom is 0.150 e. The number of nitrogen functional groups attached to an aromatic ring is 1. The van der Waals surface area contributed by atoms with E-state index in [1.165, 1.54) is 4.88 Å². The van der Waals surface area contributed by atoms with E-state index in [0.717, 1.165) is 22.6 Å². The fourth-order valence-electron chi connectivity index (χ4n) is 1.40. The average Bonchev–Trinajstić information content (AvgIpc) is 2.58. The van der Waals surface area contributed by atoms with E-state index in [1.807, 2.05) is 13.8 Å². The molecular formula is C11H13N3S. The van der Waals surface area contributed by atoms with Crippen molar-refractivity contribution in [2.45, 2.75) is 20.8 Å². The summed E-state index contributed by atoms with van der Waals surface area (Å²) in [4.78, 5) is 10.0. The molecule has 0 fully saturated rings. The molecule has 0 aliphatic rings. The van der Waals surface area contributed by atoms with E-state index in [1.54, 1.807) is 11.3 Å². The highest BCUT2D eigenvalue weighted by molar-refractivity contribution is 7.10. The van der Waals surface area contributed by atoms with Gasteiger partial charge in [-0.25, -0.2) is 9.97 Å². The molecule has 0 unspecified atom stereocenters. The monoisotopic (exact) mass is 219 g/mol. The molecule has 3 nitrogen and oxygen atoms in total. The number of aromatic nitrogens is 2. The number of nitrogens with two attached hydrogens (primary N) is 1. The van der Waals surface area contributed by atoms with Gasteiger partial charge in [0.05, 0.1) is 11.4 Å². The van der Waals surface area contributed by atoms with Gasteiger partial charge in [0.15, 0.2) is 0 Å². The van der Waals surface area contributed by atoms with Crippen LogP contribution in [0.3, 0.4) is 0 Å². The molecule has 2 aromatic rings. The third-order valence-electron chi connectivity index (χ3n) is 2.34. The zero-order chi connectivity index (χ0) is 11.0. The van der Waals surface area contributed by atoms with Crippen molar-refractivity contribution in [3.63, 3.8) is 0 Å². The van der Waals surface area contributed by atoms with Gasteiger partial charge in [-0.05, 0) is 26.8 Å². The lowest BCUT2D eigenvalue weighted by molar-refractivity contribution is 1.06. The van der Waals surface area contributed by atoms with Gasteiger partial charge in [0, 0.05) is 15.8 Å². The number of rotatable bonds is 1. The van der Waals surface area contributed by atoms with E-state index in [9.17, 15) is 0 Å². The summed E-state index contributed by atoms with van der Waals surface area (Å²) in [5.41, 5.74) is 9.54.